The van der Waals surface area contributed by atoms with Crippen LogP contribution in [-0.2, 0) is 13.0 Å². The molecule has 29 heavy (non-hydrogen) atoms. The average Bonchev–Trinajstić information content (AvgIpc) is 3.12. The molecule has 3 amide bonds. The monoisotopic (exact) mass is 412 g/mol. The van der Waals surface area contributed by atoms with Gasteiger partial charge >= 0.3 is 6.03 Å². The topological polar surface area (TPSA) is 64.7 Å². The number of benzene rings is 1. The zero-order valence-corrected chi connectivity index (χ0v) is 17.7. The molecule has 0 spiro atoms. The highest BCUT2D eigenvalue weighted by Gasteiger charge is 2.23. The first-order valence-electron chi connectivity index (χ1n) is 10.3. The highest BCUT2D eigenvalue weighted by atomic mass is 32.1. The minimum atomic E-state index is -0.0272. The number of hydrogen-bond acceptors (Lipinski definition) is 4. The summed E-state index contributed by atoms with van der Waals surface area (Å²) < 4.78 is 0. The summed E-state index contributed by atoms with van der Waals surface area (Å²) in [6.45, 7) is 6.39. The fourth-order valence-electron chi connectivity index (χ4n) is 3.98. The van der Waals surface area contributed by atoms with E-state index in [0.717, 1.165) is 68.8 Å². The molecule has 0 aliphatic carbocycles. The van der Waals surface area contributed by atoms with Crippen molar-refractivity contribution in [3.63, 3.8) is 0 Å². The number of amides is 3. The fraction of sp³-hybridized carbons (Fsp3) is 0.455. The quantitative estimate of drug-likeness (QED) is 0.814. The smallest absolute Gasteiger partial charge is 0.317 e. The van der Waals surface area contributed by atoms with Crippen molar-refractivity contribution in [2.24, 2.45) is 0 Å². The van der Waals surface area contributed by atoms with Crippen LogP contribution in [-0.4, -0.2) is 49.6 Å². The Kier molecular flexibility index (Phi) is 6.16. The molecule has 6 nitrogen and oxygen atoms in total. The van der Waals surface area contributed by atoms with Crippen molar-refractivity contribution in [1.82, 2.24) is 15.5 Å². The molecule has 1 aromatic heterocycles. The van der Waals surface area contributed by atoms with E-state index in [-0.39, 0.29) is 11.9 Å². The number of fused-ring (bicyclic) bond motifs is 1. The van der Waals surface area contributed by atoms with Gasteiger partial charge in [0.2, 0.25) is 0 Å². The zero-order chi connectivity index (χ0) is 20.2. The van der Waals surface area contributed by atoms with Crippen molar-refractivity contribution in [2.45, 2.75) is 32.7 Å². The lowest BCUT2D eigenvalue weighted by atomic mass is 10.0. The number of piperazine rings is 1. The Morgan fingerprint density at radius 2 is 1.97 bits per heavy atom. The number of thiophene rings is 1. The Morgan fingerprint density at radius 3 is 2.76 bits per heavy atom. The van der Waals surface area contributed by atoms with Crippen molar-refractivity contribution < 1.29 is 9.59 Å². The van der Waals surface area contributed by atoms with E-state index in [1.54, 1.807) is 11.3 Å². The summed E-state index contributed by atoms with van der Waals surface area (Å²) in [6.07, 6.45) is 3.21. The molecule has 0 bridgehead atoms. The van der Waals surface area contributed by atoms with Gasteiger partial charge in [0.1, 0.15) is 0 Å². The van der Waals surface area contributed by atoms with Crippen LogP contribution in [0.5, 0.6) is 0 Å². The van der Waals surface area contributed by atoms with Gasteiger partial charge in [-0.15, -0.1) is 11.3 Å². The maximum absolute atomic E-state index is 13.2. The number of hydrogen-bond donors (Lipinski definition) is 2. The van der Waals surface area contributed by atoms with Gasteiger partial charge in [-0.3, -0.25) is 4.79 Å². The predicted molar refractivity (Wildman–Crippen MR) is 117 cm³/mol. The van der Waals surface area contributed by atoms with E-state index in [2.05, 4.69) is 22.1 Å². The van der Waals surface area contributed by atoms with Crippen LogP contribution >= 0.6 is 11.3 Å². The number of nitrogens with zero attached hydrogens (tertiary/aromatic N) is 2. The number of rotatable bonds is 3. The molecule has 1 saturated heterocycles. The first-order valence-corrected chi connectivity index (χ1v) is 11.2. The number of aryl methyl sites for hydroxylation is 2. The highest BCUT2D eigenvalue weighted by molar-refractivity contribution is 7.10. The summed E-state index contributed by atoms with van der Waals surface area (Å²) in [4.78, 5) is 30.6. The lowest BCUT2D eigenvalue weighted by Gasteiger charge is -2.27. The van der Waals surface area contributed by atoms with Gasteiger partial charge in [-0.25, -0.2) is 4.79 Å². The van der Waals surface area contributed by atoms with Gasteiger partial charge in [0.05, 0.1) is 5.69 Å². The molecule has 1 fully saturated rings. The van der Waals surface area contributed by atoms with E-state index >= 15 is 0 Å². The summed E-state index contributed by atoms with van der Waals surface area (Å²) in [5.41, 5.74) is 3.84. The van der Waals surface area contributed by atoms with Gasteiger partial charge in [0.25, 0.3) is 5.91 Å². The summed E-state index contributed by atoms with van der Waals surface area (Å²) in [5.74, 6) is 0.0612. The van der Waals surface area contributed by atoms with Crippen molar-refractivity contribution in [3.05, 3.63) is 51.2 Å². The SMILES string of the molecule is Cc1cc(C(=O)N2CCCCc3sccc32)ccc1CNC(=O)N1CCNCC1. The van der Waals surface area contributed by atoms with Crippen LogP contribution in [0.2, 0.25) is 0 Å². The molecular weight excluding hydrogens is 384 g/mol. The van der Waals surface area contributed by atoms with Crippen molar-refractivity contribution >= 4 is 29.0 Å². The lowest BCUT2D eigenvalue weighted by molar-refractivity contribution is 0.0987. The number of urea groups is 1. The number of anilines is 1. The molecule has 154 valence electrons. The molecule has 2 aliphatic heterocycles. The molecule has 0 unspecified atom stereocenters. The number of carbonyl (C=O) groups is 2. The molecule has 3 heterocycles. The van der Waals surface area contributed by atoms with Gasteiger partial charge in [-0.1, -0.05) is 6.07 Å². The van der Waals surface area contributed by atoms with Crippen LogP contribution in [0.3, 0.4) is 0 Å². The predicted octanol–water partition coefficient (Wildman–Crippen LogP) is 3.15. The Labute approximate surface area is 175 Å². The number of nitrogens with one attached hydrogen (secondary N) is 2. The molecule has 2 aromatic rings. The number of carbonyl (C=O) groups excluding carboxylic acids is 2. The third-order valence-corrected chi connectivity index (χ3v) is 6.69. The third-order valence-electron chi connectivity index (χ3n) is 5.72. The van der Waals surface area contributed by atoms with E-state index in [9.17, 15) is 9.59 Å². The van der Waals surface area contributed by atoms with Gasteiger partial charge in [-0.05, 0) is 60.9 Å². The Bertz CT molecular complexity index is 889. The second kappa shape index (κ2) is 8.97. The van der Waals surface area contributed by atoms with Gasteiger partial charge in [-0.2, -0.15) is 0 Å². The summed E-state index contributed by atoms with van der Waals surface area (Å²) in [7, 11) is 0. The molecule has 0 atom stereocenters. The molecule has 2 N–H and O–H groups in total. The van der Waals surface area contributed by atoms with Crippen LogP contribution in [0, 0.1) is 6.92 Å². The second-order valence-electron chi connectivity index (χ2n) is 7.68. The maximum Gasteiger partial charge on any atom is 0.317 e. The van der Waals surface area contributed by atoms with Crippen molar-refractivity contribution in [3.8, 4) is 0 Å². The molecular formula is C22H28N4O2S. The van der Waals surface area contributed by atoms with Gasteiger partial charge < -0.3 is 20.4 Å². The molecule has 4 rings (SSSR count). The molecule has 1 aromatic carbocycles. The van der Waals surface area contributed by atoms with Crippen LogP contribution in [0.4, 0.5) is 10.5 Å². The summed E-state index contributed by atoms with van der Waals surface area (Å²) >= 11 is 1.74. The standard InChI is InChI=1S/C22H28N4O2S/c1-16-14-17(21(27)26-10-3-2-4-20-19(26)7-13-29-20)5-6-18(16)15-24-22(28)25-11-8-23-9-12-25/h5-7,13-14,23H,2-4,8-12,15H2,1H3,(H,24,28). The summed E-state index contributed by atoms with van der Waals surface area (Å²) in [6, 6.07) is 7.84. The van der Waals surface area contributed by atoms with Gasteiger partial charge in [0.15, 0.2) is 0 Å². The Morgan fingerprint density at radius 1 is 1.14 bits per heavy atom. The molecule has 7 heteroatoms. The van der Waals surface area contributed by atoms with Crippen LogP contribution in [0.25, 0.3) is 0 Å². The first-order chi connectivity index (χ1) is 14.1. The van der Waals surface area contributed by atoms with Crippen LogP contribution < -0.4 is 15.5 Å². The van der Waals surface area contributed by atoms with Crippen molar-refractivity contribution in [1.29, 1.82) is 0 Å². The summed E-state index contributed by atoms with van der Waals surface area (Å²) in [5, 5.41) is 8.33. The minimum absolute atomic E-state index is 0.0272. The van der Waals surface area contributed by atoms with E-state index in [1.807, 2.05) is 34.9 Å². The average molecular weight is 413 g/mol. The van der Waals surface area contributed by atoms with E-state index in [1.165, 1.54) is 4.88 Å². The second-order valence-corrected chi connectivity index (χ2v) is 8.68. The molecule has 0 saturated carbocycles. The third kappa shape index (κ3) is 4.46. The lowest BCUT2D eigenvalue weighted by Crippen LogP contribution is -2.50. The van der Waals surface area contributed by atoms with Crippen LogP contribution in [0.15, 0.2) is 29.6 Å². The highest BCUT2D eigenvalue weighted by Crippen LogP contribution is 2.32. The van der Waals surface area contributed by atoms with Crippen LogP contribution in [0.1, 0.15) is 39.2 Å². The maximum atomic E-state index is 13.2. The van der Waals surface area contributed by atoms with E-state index < -0.39 is 0 Å². The molecule has 0 radical (unpaired) electrons. The first kappa shape index (κ1) is 19.9. The Hall–Kier alpha value is -2.38. The normalized spacial score (nSPS) is 16.9. The zero-order valence-electron chi connectivity index (χ0n) is 16.9. The largest absolute Gasteiger partial charge is 0.334 e. The van der Waals surface area contributed by atoms with E-state index in [0.29, 0.717) is 12.1 Å². The van der Waals surface area contributed by atoms with E-state index in [4.69, 9.17) is 0 Å². The van der Waals surface area contributed by atoms with Crippen molar-refractivity contribution in [2.75, 3.05) is 37.6 Å². The minimum Gasteiger partial charge on any atom is -0.334 e. The Balaban J connectivity index is 1.43. The molecule has 2 aliphatic rings. The fourth-order valence-corrected chi connectivity index (χ4v) is 4.90. The van der Waals surface area contributed by atoms with Gasteiger partial charge in [0, 0.05) is 49.7 Å².